The van der Waals surface area contributed by atoms with Gasteiger partial charge in [-0.05, 0) is 43.9 Å². The quantitative estimate of drug-likeness (QED) is 0.504. The van der Waals surface area contributed by atoms with Gasteiger partial charge in [-0.1, -0.05) is 18.2 Å². The highest BCUT2D eigenvalue weighted by Gasteiger charge is 2.22. The number of para-hydroxylation sites is 1. The summed E-state index contributed by atoms with van der Waals surface area (Å²) < 4.78 is 18.1. The number of furan rings is 1. The predicted molar refractivity (Wildman–Crippen MR) is 119 cm³/mol. The number of ether oxygens (including phenoxy) is 2. The molecule has 2 aromatic heterocycles. The van der Waals surface area contributed by atoms with Gasteiger partial charge < -0.3 is 25.4 Å². The zero-order valence-electron chi connectivity index (χ0n) is 16.9. The van der Waals surface area contributed by atoms with Crippen LogP contribution < -0.4 is 20.9 Å². The lowest BCUT2D eigenvalue weighted by molar-refractivity contribution is 0.147. The monoisotopic (exact) mass is 403 g/mol. The minimum atomic E-state index is 0.154. The van der Waals surface area contributed by atoms with E-state index < -0.39 is 0 Å². The van der Waals surface area contributed by atoms with Gasteiger partial charge in [0.1, 0.15) is 28.7 Å². The molecule has 0 amide bonds. The number of anilines is 1. The summed E-state index contributed by atoms with van der Waals surface area (Å²) in [7, 11) is 1.63. The molecule has 2 heterocycles. The van der Waals surface area contributed by atoms with Crippen LogP contribution in [-0.2, 0) is 0 Å². The number of nitrogens with zero attached hydrogens (tertiary/aromatic N) is 1. The summed E-state index contributed by atoms with van der Waals surface area (Å²) in [6.45, 7) is 0. The minimum absolute atomic E-state index is 0.154. The Kier molecular flexibility index (Phi) is 4.71. The normalized spacial score (nSPS) is 19.3. The summed E-state index contributed by atoms with van der Waals surface area (Å²) in [6.07, 6.45) is 5.78. The zero-order chi connectivity index (χ0) is 20.7. The highest BCUT2D eigenvalue weighted by atomic mass is 16.5. The maximum absolute atomic E-state index is 6.32. The van der Waals surface area contributed by atoms with E-state index in [2.05, 4.69) is 4.98 Å². The Labute approximate surface area is 174 Å². The number of fused-ring (bicyclic) bond motifs is 2. The van der Waals surface area contributed by atoms with E-state index in [0.29, 0.717) is 11.6 Å². The zero-order valence-corrected chi connectivity index (χ0v) is 16.9. The van der Waals surface area contributed by atoms with E-state index in [1.54, 1.807) is 13.3 Å². The first-order chi connectivity index (χ1) is 14.6. The second-order valence-corrected chi connectivity index (χ2v) is 7.91. The average Bonchev–Trinajstić information content (AvgIpc) is 3.19. The van der Waals surface area contributed by atoms with Crippen molar-refractivity contribution in [3.63, 3.8) is 0 Å². The van der Waals surface area contributed by atoms with Gasteiger partial charge in [-0.15, -0.1) is 0 Å². The van der Waals surface area contributed by atoms with E-state index in [-0.39, 0.29) is 12.1 Å². The number of benzene rings is 2. The predicted octanol–water partition coefficient (Wildman–Crippen LogP) is 4.89. The van der Waals surface area contributed by atoms with Crippen molar-refractivity contribution >= 4 is 27.6 Å². The molecule has 0 unspecified atom stereocenters. The van der Waals surface area contributed by atoms with Crippen LogP contribution in [0.2, 0.25) is 0 Å². The largest absolute Gasteiger partial charge is 0.496 e. The summed E-state index contributed by atoms with van der Waals surface area (Å²) in [5.74, 6) is 2.54. The van der Waals surface area contributed by atoms with Crippen LogP contribution in [-0.4, -0.2) is 24.2 Å². The molecule has 0 radical (unpaired) electrons. The Morgan fingerprint density at radius 2 is 1.87 bits per heavy atom. The number of aromatic nitrogens is 1. The van der Waals surface area contributed by atoms with Crippen LogP contribution >= 0.6 is 0 Å². The van der Waals surface area contributed by atoms with Crippen LogP contribution in [0.4, 0.5) is 5.82 Å². The highest BCUT2D eigenvalue weighted by molar-refractivity contribution is 6.05. The Morgan fingerprint density at radius 1 is 1.07 bits per heavy atom. The number of nitrogens with two attached hydrogens (primary N) is 2. The first-order valence-corrected chi connectivity index (χ1v) is 10.3. The van der Waals surface area contributed by atoms with Gasteiger partial charge >= 0.3 is 0 Å². The fourth-order valence-electron chi connectivity index (χ4n) is 4.27. The standard InChI is InChI=1S/C24H25N3O3/c1-28-22-12-17(29-16-8-6-15(25)7-9-16)11-18-19(13-27-24(26)23(18)22)21-10-14-4-2-3-5-20(14)30-21/h2-5,10-13,15-16H,6-9,25H2,1H3,(H2,26,27). The van der Waals surface area contributed by atoms with Crippen LogP contribution in [0, 0.1) is 0 Å². The number of rotatable bonds is 4. The molecule has 1 saturated carbocycles. The molecule has 5 rings (SSSR count). The molecule has 2 aromatic carbocycles. The number of methoxy groups -OCH3 is 1. The summed E-state index contributed by atoms with van der Waals surface area (Å²) >= 11 is 0. The third-order valence-corrected chi connectivity index (χ3v) is 5.89. The van der Waals surface area contributed by atoms with Crippen LogP contribution in [0.25, 0.3) is 33.1 Å². The highest BCUT2D eigenvalue weighted by Crippen LogP contribution is 2.41. The fraction of sp³-hybridized carbons (Fsp3) is 0.292. The van der Waals surface area contributed by atoms with Crippen molar-refractivity contribution in [2.45, 2.75) is 37.8 Å². The van der Waals surface area contributed by atoms with Crippen molar-refractivity contribution in [2.75, 3.05) is 12.8 Å². The molecule has 1 aliphatic rings. The second kappa shape index (κ2) is 7.54. The van der Waals surface area contributed by atoms with E-state index >= 15 is 0 Å². The molecule has 0 atom stereocenters. The summed E-state index contributed by atoms with van der Waals surface area (Å²) in [4.78, 5) is 4.40. The van der Waals surface area contributed by atoms with Gasteiger partial charge in [-0.3, -0.25) is 0 Å². The van der Waals surface area contributed by atoms with Crippen molar-refractivity contribution in [1.82, 2.24) is 4.98 Å². The van der Waals surface area contributed by atoms with Gasteiger partial charge in [-0.2, -0.15) is 0 Å². The molecular weight excluding hydrogens is 378 g/mol. The van der Waals surface area contributed by atoms with Crippen LogP contribution in [0.15, 0.2) is 53.1 Å². The molecule has 0 bridgehead atoms. The number of nitrogen functional groups attached to an aromatic ring is 1. The molecule has 30 heavy (non-hydrogen) atoms. The second-order valence-electron chi connectivity index (χ2n) is 7.91. The maximum atomic E-state index is 6.32. The first-order valence-electron chi connectivity index (χ1n) is 10.3. The third kappa shape index (κ3) is 3.33. The van der Waals surface area contributed by atoms with Gasteiger partial charge in [0, 0.05) is 34.6 Å². The van der Waals surface area contributed by atoms with Gasteiger partial charge in [-0.25, -0.2) is 4.98 Å². The molecule has 1 aliphatic carbocycles. The number of hydrogen-bond donors (Lipinski definition) is 2. The minimum Gasteiger partial charge on any atom is -0.496 e. The van der Waals surface area contributed by atoms with Crippen molar-refractivity contribution < 1.29 is 13.9 Å². The molecule has 6 nitrogen and oxygen atoms in total. The van der Waals surface area contributed by atoms with Gasteiger partial charge in [0.25, 0.3) is 0 Å². The molecule has 4 aromatic rings. The van der Waals surface area contributed by atoms with Gasteiger partial charge in [0.05, 0.1) is 18.6 Å². The summed E-state index contributed by atoms with van der Waals surface area (Å²) in [5, 5.41) is 2.69. The average molecular weight is 403 g/mol. The molecule has 154 valence electrons. The van der Waals surface area contributed by atoms with Crippen molar-refractivity contribution in [3.05, 3.63) is 48.7 Å². The van der Waals surface area contributed by atoms with E-state index in [0.717, 1.165) is 64.5 Å². The van der Waals surface area contributed by atoms with Crippen LogP contribution in [0.1, 0.15) is 25.7 Å². The Morgan fingerprint density at radius 3 is 2.63 bits per heavy atom. The SMILES string of the molecule is COc1cc(OC2CCC(N)CC2)cc2c(-c3cc4ccccc4o3)cnc(N)c12. The van der Waals surface area contributed by atoms with E-state index in [4.69, 9.17) is 25.4 Å². The van der Waals surface area contributed by atoms with Gasteiger partial charge in [0.15, 0.2) is 0 Å². The molecule has 4 N–H and O–H groups in total. The summed E-state index contributed by atoms with van der Waals surface area (Å²) in [6, 6.07) is 14.1. The lowest BCUT2D eigenvalue weighted by Gasteiger charge is -2.27. The smallest absolute Gasteiger partial charge is 0.137 e. The Bertz CT molecular complexity index is 1180. The molecule has 0 aliphatic heterocycles. The van der Waals surface area contributed by atoms with E-state index in [1.165, 1.54) is 0 Å². The first kappa shape index (κ1) is 18.8. The number of hydrogen-bond acceptors (Lipinski definition) is 6. The molecule has 1 fully saturated rings. The maximum Gasteiger partial charge on any atom is 0.137 e. The topological polar surface area (TPSA) is 96.5 Å². The van der Waals surface area contributed by atoms with Crippen LogP contribution in [0.3, 0.4) is 0 Å². The molecule has 6 heteroatoms. The van der Waals surface area contributed by atoms with Gasteiger partial charge in [0.2, 0.25) is 0 Å². The molecule has 0 saturated heterocycles. The van der Waals surface area contributed by atoms with Crippen molar-refractivity contribution in [3.8, 4) is 22.8 Å². The van der Waals surface area contributed by atoms with E-state index in [1.807, 2.05) is 42.5 Å². The molecular formula is C24H25N3O3. The fourth-order valence-corrected chi connectivity index (χ4v) is 4.27. The Hall–Kier alpha value is -3.25. The van der Waals surface area contributed by atoms with Crippen molar-refractivity contribution in [2.24, 2.45) is 5.73 Å². The van der Waals surface area contributed by atoms with Crippen LogP contribution in [0.5, 0.6) is 11.5 Å². The van der Waals surface area contributed by atoms with Crippen molar-refractivity contribution in [1.29, 1.82) is 0 Å². The third-order valence-electron chi connectivity index (χ3n) is 5.89. The molecule has 0 spiro atoms. The lowest BCUT2D eigenvalue weighted by Crippen LogP contribution is -2.31. The van der Waals surface area contributed by atoms with E-state index in [9.17, 15) is 0 Å². The summed E-state index contributed by atoms with van der Waals surface area (Å²) in [5.41, 5.74) is 13.9. The Balaban J connectivity index is 1.63. The number of pyridine rings is 1. The lowest BCUT2D eigenvalue weighted by atomic mass is 9.93.